The summed E-state index contributed by atoms with van der Waals surface area (Å²) in [6.45, 7) is 6.36. The molecule has 0 N–H and O–H groups in total. The molecule has 1 aromatic heterocycles. The van der Waals surface area contributed by atoms with E-state index in [4.69, 9.17) is 11.6 Å². The summed E-state index contributed by atoms with van der Waals surface area (Å²) in [6, 6.07) is 8.30. The summed E-state index contributed by atoms with van der Waals surface area (Å²) < 4.78 is 26.9. The first-order valence-electron chi connectivity index (χ1n) is 9.50. The smallest absolute Gasteiger partial charge is 0.274 e. The van der Waals surface area contributed by atoms with Crippen LogP contribution in [0.3, 0.4) is 0 Å². The number of hydrogen-bond acceptors (Lipinski definition) is 6. The molecule has 1 saturated heterocycles. The molecule has 2 heterocycles. The molecule has 0 aliphatic carbocycles. The van der Waals surface area contributed by atoms with Gasteiger partial charge in [-0.05, 0) is 26.0 Å². The van der Waals surface area contributed by atoms with Crippen molar-refractivity contribution in [3.8, 4) is 0 Å². The number of amides is 1. The van der Waals surface area contributed by atoms with E-state index in [0.717, 1.165) is 0 Å². The highest BCUT2D eigenvalue weighted by Gasteiger charge is 2.31. The summed E-state index contributed by atoms with van der Waals surface area (Å²) in [5.41, 5.74) is 0.142. The fourth-order valence-electron chi connectivity index (χ4n) is 3.19. The summed E-state index contributed by atoms with van der Waals surface area (Å²) >= 11 is 6.19. The third-order valence-electron chi connectivity index (χ3n) is 4.89. The highest BCUT2D eigenvalue weighted by molar-refractivity contribution is 7.89. The van der Waals surface area contributed by atoms with Crippen molar-refractivity contribution < 1.29 is 13.2 Å². The molecule has 3 rings (SSSR count). The Morgan fingerprint density at radius 2 is 1.72 bits per heavy atom. The van der Waals surface area contributed by atoms with E-state index < -0.39 is 10.0 Å². The second-order valence-corrected chi connectivity index (χ2v) is 8.89. The first-order valence-corrected chi connectivity index (χ1v) is 11.3. The van der Waals surface area contributed by atoms with Gasteiger partial charge in [-0.15, -0.1) is 0 Å². The SMILES string of the molecule is CCN(CC)c1ncc(Cl)c(C(=O)N2CCN(S(=O)(=O)c3ccccc3)CC2)n1. The van der Waals surface area contributed by atoms with Crippen LogP contribution in [-0.2, 0) is 10.0 Å². The average molecular weight is 438 g/mol. The second kappa shape index (κ2) is 9.06. The molecular weight excluding hydrogens is 414 g/mol. The van der Waals surface area contributed by atoms with Gasteiger partial charge in [0.1, 0.15) is 0 Å². The van der Waals surface area contributed by atoms with Crippen LogP contribution < -0.4 is 4.90 Å². The van der Waals surface area contributed by atoms with Crippen molar-refractivity contribution in [1.82, 2.24) is 19.2 Å². The van der Waals surface area contributed by atoms with Crippen LogP contribution in [-0.4, -0.2) is 72.8 Å². The van der Waals surface area contributed by atoms with Gasteiger partial charge in [-0.2, -0.15) is 4.31 Å². The molecule has 29 heavy (non-hydrogen) atoms. The van der Waals surface area contributed by atoms with Gasteiger partial charge in [0.2, 0.25) is 16.0 Å². The van der Waals surface area contributed by atoms with Crippen molar-refractivity contribution >= 4 is 33.5 Å². The zero-order valence-electron chi connectivity index (χ0n) is 16.5. The monoisotopic (exact) mass is 437 g/mol. The number of rotatable bonds is 6. The lowest BCUT2D eigenvalue weighted by Gasteiger charge is -2.34. The summed E-state index contributed by atoms with van der Waals surface area (Å²) in [5, 5.41) is 0.185. The lowest BCUT2D eigenvalue weighted by molar-refractivity contribution is 0.0692. The van der Waals surface area contributed by atoms with E-state index in [9.17, 15) is 13.2 Å². The first kappa shape index (κ1) is 21.5. The molecule has 1 aliphatic rings. The van der Waals surface area contributed by atoms with Crippen LogP contribution in [0.25, 0.3) is 0 Å². The highest BCUT2D eigenvalue weighted by Crippen LogP contribution is 2.21. The van der Waals surface area contributed by atoms with Crippen LogP contribution in [0, 0.1) is 0 Å². The van der Waals surface area contributed by atoms with Crippen molar-refractivity contribution in [2.75, 3.05) is 44.2 Å². The Kier molecular flexibility index (Phi) is 6.71. The van der Waals surface area contributed by atoms with Crippen LogP contribution in [0.2, 0.25) is 5.02 Å². The number of aromatic nitrogens is 2. The molecule has 1 fully saturated rings. The largest absolute Gasteiger partial charge is 0.341 e. The van der Waals surface area contributed by atoms with Crippen LogP contribution >= 0.6 is 11.6 Å². The van der Waals surface area contributed by atoms with Gasteiger partial charge >= 0.3 is 0 Å². The molecule has 156 valence electrons. The molecule has 0 saturated carbocycles. The van der Waals surface area contributed by atoms with Gasteiger partial charge in [-0.25, -0.2) is 18.4 Å². The van der Waals surface area contributed by atoms with Gasteiger partial charge in [0.25, 0.3) is 5.91 Å². The fraction of sp³-hybridized carbons (Fsp3) is 0.421. The predicted octanol–water partition coefficient (Wildman–Crippen LogP) is 2.12. The second-order valence-electron chi connectivity index (χ2n) is 6.55. The van der Waals surface area contributed by atoms with Gasteiger partial charge in [0, 0.05) is 39.3 Å². The van der Waals surface area contributed by atoms with Crippen LogP contribution in [0.4, 0.5) is 5.95 Å². The summed E-state index contributed by atoms with van der Waals surface area (Å²) in [5.74, 6) is 0.135. The minimum absolute atomic E-state index is 0.142. The van der Waals surface area contributed by atoms with Gasteiger partial charge in [0.05, 0.1) is 16.1 Å². The molecule has 1 aliphatic heterocycles. The maximum Gasteiger partial charge on any atom is 0.274 e. The summed E-state index contributed by atoms with van der Waals surface area (Å²) in [4.78, 5) is 25.3. The molecule has 0 radical (unpaired) electrons. The number of benzene rings is 1. The van der Waals surface area contributed by atoms with Crippen molar-refractivity contribution in [3.05, 3.63) is 47.2 Å². The number of hydrogen-bond donors (Lipinski definition) is 0. The lowest BCUT2D eigenvalue weighted by atomic mass is 10.3. The molecular formula is C19H24ClN5O3S. The summed E-state index contributed by atoms with van der Waals surface area (Å²) in [7, 11) is -3.57. The topological polar surface area (TPSA) is 86.7 Å². The molecule has 1 amide bonds. The van der Waals surface area contributed by atoms with Crippen molar-refractivity contribution in [2.45, 2.75) is 18.7 Å². The Morgan fingerprint density at radius 3 is 2.31 bits per heavy atom. The molecule has 0 atom stereocenters. The molecule has 10 heteroatoms. The van der Waals surface area contributed by atoms with Crippen molar-refractivity contribution in [1.29, 1.82) is 0 Å². The quantitative estimate of drug-likeness (QED) is 0.688. The van der Waals surface area contributed by atoms with E-state index in [1.54, 1.807) is 35.2 Å². The highest BCUT2D eigenvalue weighted by atomic mass is 35.5. The third-order valence-corrected chi connectivity index (χ3v) is 7.08. The van der Waals surface area contributed by atoms with E-state index in [0.29, 0.717) is 19.0 Å². The molecule has 1 aromatic carbocycles. The van der Waals surface area contributed by atoms with Crippen molar-refractivity contribution in [3.63, 3.8) is 0 Å². The van der Waals surface area contributed by atoms with E-state index in [1.807, 2.05) is 18.7 Å². The molecule has 0 spiro atoms. The minimum Gasteiger partial charge on any atom is -0.341 e. The molecule has 2 aromatic rings. The Morgan fingerprint density at radius 1 is 1.10 bits per heavy atom. The van der Waals surface area contributed by atoms with Crippen LogP contribution in [0.1, 0.15) is 24.3 Å². The summed E-state index contributed by atoms with van der Waals surface area (Å²) in [6.07, 6.45) is 1.44. The number of nitrogens with zero attached hydrogens (tertiary/aromatic N) is 5. The zero-order valence-corrected chi connectivity index (χ0v) is 18.0. The third kappa shape index (κ3) is 4.52. The number of carbonyl (C=O) groups excluding carboxylic acids is 1. The van der Waals surface area contributed by atoms with E-state index in [-0.39, 0.29) is 47.7 Å². The number of carbonyl (C=O) groups is 1. The Balaban J connectivity index is 1.73. The molecule has 0 bridgehead atoms. The van der Waals surface area contributed by atoms with Crippen LogP contribution in [0.5, 0.6) is 0 Å². The fourth-order valence-corrected chi connectivity index (χ4v) is 4.80. The van der Waals surface area contributed by atoms with Gasteiger partial charge in [0.15, 0.2) is 5.69 Å². The minimum atomic E-state index is -3.57. The zero-order chi connectivity index (χ0) is 21.0. The number of sulfonamides is 1. The van der Waals surface area contributed by atoms with Gasteiger partial charge < -0.3 is 9.80 Å². The normalized spacial score (nSPS) is 15.3. The predicted molar refractivity (Wildman–Crippen MR) is 112 cm³/mol. The molecule has 0 unspecified atom stereocenters. The van der Waals surface area contributed by atoms with E-state index >= 15 is 0 Å². The maximum absolute atomic E-state index is 13.0. The average Bonchev–Trinajstić information content (AvgIpc) is 2.76. The number of anilines is 1. The Labute approximate surface area is 176 Å². The van der Waals surface area contributed by atoms with Gasteiger partial charge in [-0.1, -0.05) is 29.8 Å². The number of halogens is 1. The van der Waals surface area contributed by atoms with Gasteiger partial charge in [-0.3, -0.25) is 4.79 Å². The molecule has 8 nitrogen and oxygen atoms in total. The standard InChI is InChI=1S/C19H24ClN5O3S/c1-3-23(4-2)19-21-14-16(20)17(22-19)18(26)24-10-12-25(13-11-24)29(27,28)15-8-6-5-7-9-15/h5-9,14H,3-4,10-13H2,1-2H3. The maximum atomic E-state index is 13.0. The lowest BCUT2D eigenvalue weighted by Crippen LogP contribution is -2.50. The van der Waals surface area contributed by atoms with E-state index in [1.165, 1.54) is 10.5 Å². The van der Waals surface area contributed by atoms with E-state index in [2.05, 4.69) is 9.97 Å². The van der Waals surface area contributed by atoms with Crippen LogP contribution in [0.15, 0.2) is 41.4 Å². The Hall–Kier alpha value is -2.23. The number of piperazine rings is 1. The first-order chi connectivity index (χ1) is 13.9. The van der Waals surface area contributed by atoms with Crippen molar-refractivity contribution in [2.24, 2.45) is 0 Å². The Bertz CT molecular complexity index is 959.